The van der Waals surface area contributed by atoms with E-state index in [0.29, 0.717) is 29.4 Å². The molecule has 0 bridgehead atoms. The molecule has 6 heteroatoms. The van der Waals surface area contributed by atoms with Gasteiger partial charge in [-0.2, -0.15) is 0 Å². The molecule has 0 heterocycles. The number of nitrogens with one attached hydrogen (secondary N) is 1. The minimum Gasteiger partial charge on any atom is -0.356 e. The Morgan fingerprint density at radius 1 is 1.16 bits per heavy atom. The van der Waals surface area contributed by atoms with Gasteiger partial charge < -0.3 is 10.2 Å². The molecule has 1 fully saturated rings. The summed E-state index contributed by atoms with van der Waals surface area (Å²) in [6.45, 7) is 6.17. The first kappa shape index (κ1) is 20.1. The summed E-state index contributed by atoms with van der Waals surface area (Å²) in [6.07, 6.45) is 3.19. The van der Waals surface area contributed by atoms with Crippen LogP contribution in [0.15, 0.2) is 18.2 Å². The smallest absolute Gasteiger partial charge is 0.226 e. The molecule has 1 aliphatic carbocycles. The molecule has 1 aromatic carbocycles. The zero-order chi connectivity index (χ0) is 18.4. The molecule has 0 aliphatic heterocycles. The summed E-state index contributed by atoms with van der Waals surface area (Å²) < 4.78 is 0. The van der Waals surface area contributed by atoms with Gasteiger partial charge in [0, 0.05) is 29.7 Å². The predicted octanol–water partition coefficient (Wildman–Crippen LogP) is 3.94. The Bertz CT molecular complexity index is 615. The molecular weight excluding hydrogens is 359 g/mol. The van der Waals surface area contributed by atoms with Crippen molar-refractivity contribution in [2.75, 3.05) is 19.6 Å². The Balaban J connectivity index is 1.78. The van der Waals surface area contributed by atoms with Gasteiger partial charge in [0.2, 0.25) is 11.8 Å². The highest BCUT2D eigenvalue weighted by molar-refractivity contribution is 6.35. The van der Waals surface area contributed by atoms with E-state index in [1.165, 1.54) is 0 Å². The van der Waals surface area contributed by atoms with Crippen LogP contribution in [0, 0.1) is 11.8 Å². The molecule has 1 aromatic rings. The molecule has 0 aromatic heterocycles. The molecule has 1 N–H and O–H groups in total. The van der Waals surface area contributed by atoms with Crippen LogP contribution in [0.3, 0.4) is 0 Å². The molecule has 25 heavy (non-hydrogen) atoms. The number of carbonyl (C=O) groups is 2. The zero-order valence-corrected chi connectivity index (χ0v) is 16.4. The van der Waals surface area contributed by atoms with Gasteiger partial charge in [-0.1, -0.05) is 43.1 Å². The number of nitrogens with zero attached hydrogens (tertiary/aromatic N) is 1. The summed E-state index contributed by atoms with van der Waals surface area (Å²) in [4.78, 5) is 26.6. The van der Waals surface area contributed by atoms with E-state index in [9.17, 15) is 9.59 Å². The first-order valence-corrected chi connectivity index (χ1v) is 9.73. The summed E-state index contributed by atoms with van der Waals surface area (Å²) in [5, 5.41) is 4.13. The van der Waals surface area contributed by atoms with E-state index in [4.69, 9.17) is 23.2 Å². The van der Waals surface area contributed by atoms with Crippen LogP contribution in [0.2, 0.25) is 10.0 Å². The van der Waals surface area contributed by atoms with Crippen molar-refractivity contribution >= 4 is 35.0 Å². The van der Waals surface area contributed by atoms with Crippen LogP contribution in [-0.4, -0.2) is 36.3 Å². The molecule has 0 radical (unpaired) electrons. The van der Waals surface area contributed by atoms with E-state index < -0.39 is 0 Å². The van der Waals surface area contributed by atoms with E-state index in [1.807, 2.05) is 11.0 Å². The summed E-state index contributed by atoms with van der Waals surface area (Å²) in [5.74, 6) is -0.220. The highest BCUT2D eigenvalue weighted by atomic mass is 35.5. The number of hydrogen-bond donors (Lipinski definition) is 1. The van der Waals surface area contributed by atoms with Crippen LogP contribution in [0.4, 0.5) is 0 Å². The van der Waals surface area contributed by atoms with Crippen molar-refractivity contribution in [1.82, 2.24) is 10.2 Å². The summed E-state index contributed by atoms with van der Waals surface area (Å²) in [7, 11) is 0. The van der Waals surface area contributed by atoms with E-state index in [-0.39, 0.29) is 23.7 Å². The van der Waals surface area contributed by atoms with Crippen molar-refractivity contribution < 1.29 is 9.59 Å². The number of amides is 2. The lowest BCUT2D eigenvalue weighted by Crippen LogP contribution is -2.35. The summed E-state index contributed by atoms with van der Waals surface area (Å²) in [6, 6.07) is 5.36. The van der Waals surface area contributed by atoms with Crippen LogP contribution in [0.5, 0.6) is 0 Å². The molecular formula is C19H26Cl2N2O2. The number of halogens is 2. The fourth-order valence-electron chi connectivity index (χ4n) is 3.04. The van der Waals surface area contributed by atoms with E-state index in [2.05, 4.69) is 19.2 Å². The lowest BCUT2D eigenvalue weighted by molar-refractivity contribution is -0.134. The number of rotatable bonds is 9. The largest absolute Gasteiger partial charge is 0.356 e. The minimum atomic E-state index is -0.176. The third-order valence-corrected chi connectivity index (χ3v) is 5.04. The third-order valence-electron chi connectivity index (χ3n) is 4.45. The lowest BCUT2D eigenvalue weighted by Gasteiger charge is -2.21. The first-order valence-electron chi connectivity index (χ1n) is 8.98. The van der Waals surface area contributed by atoms with Gasteiger partial charge in [0.25, 0.3) is 0 Å². The van der Waals surface area contributed by atoms with E-state index in [1.54, 1.807) is 12.1 Å². The molecule has 1 aliphatic rings. The maximum absolute atomic E-state index is 12.5. The average molecular weight is 385 g/mol. The Labute approximate surface area is 159 Å². The van der Waals surface area contributed by atoms with E-state index in [0.717, 1.165) is 31.5 Å². The Kier molecular flexibility index (Phi) is 7.57. The standard InChI is InChI=1S/C19H26Cl2N2O2/c1-3-9-23(10-4-2)19(25)16-12-15(16)18(24)22-8-7-13-5-6-14(20)11-17(13)21/h5-6,11,15-16H,3-4,7-10,12H2,1-2H3,(H,22,24). The SMILES string of the molecule is CCCN(CCC)C(=O)C1CC1C(=O)NCCc1ccc(Cl)cc1Cl. The predicted molar refractivity (Wildman–Crippen MR) is 102 cm³/mol. The van der Waals surface area contributed by atoms with Crippen molar-refractivity contribution in [2.24, 2.45) is 11.8 Å². The van der Waals surface area contributed by atoms with Crippen molar-refractivity contribution in [2.45, 2.75) is 39.5 Å². The van der Waals surface area contributed by atoms with Gasteiger partial charge in [-0.05, 0) is 43.4 Å². The van der Waals surface area contributed by atoms with Crippen molar-refractivity contribution in [3.63, 3.8) is 0 Å². The third kappa shape index (κ3) is 5.61. The molecule has 0 spiro atoms. The molecule has 2 atom stereocenters. The minimum absolute atomic E-state index is 0.0311. The fourth-order valence-corrected chi connectivity index (χ4v) is 3.54. The van der Waals surface area contributed by atoms with Crippen LogP contribution >= 0.6 is 23.2 Å². The quantitative estimate of drug-likeness (QED) is 0.700. The summed E-state index contributed by atoms with van der Waals surface area (Å²) >= 11 is 12.0. The second-order valence-electron chi connectivity index (χ2n) is 6.55. The Hall–Kier alpha value is -1.26. The molecule has 2 unspecified atom stereocenters. The van der Waals surface area contributed by atoms with Gasteiger partial charge in [-0.25, -0.2) is 0 Å². The van der Waals surface area contributed by atoms with Gasteiger partial charge in [0.15, 0.2) is 0 Å². The first-order chi connectivity index (χ1) is 12.0. The van der Waals surface area contributed by atoms with E-state index >= 15 is 0 Å². The van der Waals surface area contributed by atoms with Crippen molar-refractivity contribution in [3.8, 4) is 0 Å². The zero-order valence-electron chi connectivity index (χ0n) is 14.9. The molecule has 0 saturated heterocycles. The van der Waals surface area contributed by atoms with Crippen LogP contribution in [0.25, 0.3) is 0 Å². The van der Waals surface area contributed by atoms with Crippen LogP contribution in [-0.2, 0) is 16.0 Å². The number of hydrogen-bond acceptors (Lipinski definition) is 2. The maximum Gasteiger partial charge on any atom is 0.226 e. The van der Waals surface area contributed by atoms with Gasteiger partial charge >= 0.3 is 0 Å². The van der Waals surface area contributed by atoms with Crippen LogP contribution in [0.1, 0.15) is 38.7 Å². The number of carbonyl (C=O) groups excluding carboxylic acids is 2. The Morgan fingerprint density at radius 2 is 1.84 bits per heavy atom. The second kappa shape index (κ2) is 9.44. The summed E-state index contributed by atoms with van der Waals surface area (Å²) in [5.41, 5.74) is 0.951. The monoisotopic (exact) mass is 384 g/mol. The van der Waals surface area contributed by atoms with Gasteiger partial charge in [0.1, 0.15) is 0 Å². The van der Waals surface area contributed by atoms with Crippen LogP contribution < -0.4 is 5.32 Å². The Morgan fingerprint density at radius 3 is 2.44 bits per heavy atom. The molecule has 4 nitrogen and oxygen atoms in total. The lowest BCUT2D eigenvalue weighted by atomic mass is 10.1. The van der Waals surface area contributed by atoms with Gasteiger partial charge in [-0.15, -0.1) is 0 Å². The highest BCUT2D eigenvalue weighted by Crippen LogP contribution is 2.40. The molecule has 1 saturated carbocycles. The van der Waals surface area contributed by atoms with Crippen molar-refractivity contribution in [3.05, 3.63) is 33.8 Å². The highest BCUT2D eigenvalue weighted by Gasteiger charge is 2.49. The van der Waals surface area contributed by atoms with Crippen molar-refractivity contribution in [1.29, 1.82) is 0 Å². The molecule has 2 amide bonds. The number of benzene rings is 1. The van der Waals surface area contributed by atoms with Gasteiger partial charge in [-0.3, -0.25) is 9.59 Å². The molecule has 2 rings (SSSR count). The average Bonchev–Trinajstić information content (AvgIpc) is 3.36. The maximum atomic E-state index is 12.5. The van der Waals surface area contributed by atoms with Gasteiger partial charge in [0.05, 0.1) is 11.8 Å². The topological polar surface area (TPSA) is 49.4 Å². The molecule has 138 valence electrons. The normalized spacial score (nSPS) is 18.7. The second-order valence-corrected chi connectivity index (χ2v) is 7.39. The fraction of sp³-hybridized carbons (Fsp3) is 0.579.